The Morgan fingerprint density at radius 3 is 2.31 bits per heavy atom. The number of nitrogens with two attached hydrogens (primary N) is 1. The van der Waals surface area contributed by atoms with Crippen molar-refractivity contribution in [2.24, 2.45) is 5.73 Å². The Kier molecular flexibility index (Phi) is 6.34. The smallest absolute Gasteiger partial charge is 0.147 e. The van der Waals surface area contributed by atoms with E-state index in [-0.39, 0.29) is 0 Å². The molecule has 1 aromatic rings. The van der Waals surface area contributed by atoms with Gasteiger partial charge in [-0.3, -0.25) is 0 Å². The van der Waals surface area contributed by atoms with Crippen LogP contribution in [0.5, 0.6) is 5.75 Å². The third kappa shape index (κ3) is 4.05. The summed E-state index contributed by atoms with van der Waals surface area (Å²) in [6, 6.07) is 3.94. The molecule has 2 N–H and O–H groups in total. The first kappa shape index (κ1) is 14.0. The van der Waals surface area contributed by atoms with Crippen LogP contribution in [-0.2, 0) is 11.3 Å². The van der Waals surface area contributed by atoms with Gasteiger partial charge in [-0.25, -0.2) is 0 Å². The zero-order valence-corrected chi connectivity index (χ0v) is 12.3. The highest BCUT2D eigenvalue weighted by atomic mass is 79.9. The molecule has 0 heterocycles. The molecule has 0 aliphatic rings. The van der Waals surface area contributed by atoms with Gasteiger partial charge in [0, 0.05) is 26.7 Å². The second-order valence-electron chi connectivity index (χ2n) is 3.29. The van der Waals surface area contributed by atoms with Gasteiger partial charge in [0.15, 0.2) is 0 Å². The Labute approximate surface area is 113 Å². The van der Waals surface area contributed by atoms with E-state index in [0.29, 0.717) is 19.8 Å². The maximum atomic E-state index is 5.65. The monoisotopic (exact) mass is 351 g/mol. The Balaban J connectivity index is 2.65. The molecule has 1 rings (SSSR count). The van der Waals surface area contributed by atoms with Gasteiger partial charge in [-0.2, -0.15) is 0 Å². The van der Waals surface area contributed by atoms with E-state index in [4.69, 9.17) is 15.2 Å². The number of benzene rings is 1. The molecule has 0 atom stereocenters. The van der Waals surface area contributed by atoms with Crippen LogP contribution in [-0.4, -0.2) is 20.3 Å². The summed E-state index contributed by atoms with van der Waals surface area (Å²) in [6.45, 7) is 1.85. The molecular formula is C11H15Br2NO2. The fraction of sp³-hybridized carbons (Fsp3) is 0.455. The summed E-state index contributed by atoms with van der Waals surface area (Å²) >= 11 is 6.93. The summed E-state index contributed by atoms with van der Waals surface area (Å²) in [5, 5.41) is 0. The highest BCUT2D eigenvalue weighted by molar-refractivity contribution is 9.11. The normalized spacial score (nSPS) is 10.5. The molecule has 16 heavy (non-hydrogen) atoms. The van der Waals surface area contributed by atoms with E-state index >= 15 is 0 Å². The first-order chi connectivity index (χ1) is 7.69. The SMILES string of the molecule is COCCCOc1c(Br)cc(CN)cc1Br. The Bertz CT molecular complexity index is 322. The standard InChI is InChI=1S/C11H15Br2NO2/c1-15-3-2-4-16-11-9(12)5-8(7-14)6-10(11)13/h5-6H,2-4,7,14H2,1H3. The summed E-state index contributed by atoms with van der Waals surface area (Å²) in [7, 11) is 1.68. The molecule has 90 valence electrons. The zero-order valence-electron chi connectivity index (χ0n) is 9.13. The second-order valence-corrected chi connectivity index (χ2v) is 5.00. The minimum Gasteiger partial charge on any atom is -0.491 e. The van der Waals surface area contributed by atoms with Crippen molar-refractivity contribution in [2.45, 2.75) is 13.0 Å². The zero-order chi connectivity index (χ0) is 12.0. The second kappa shape index (κ2) is 7.27. The molecule has 0 radical (unpaired) electrons. The van der Waals surface area contributed by atoms with Crippen LogP contribution in [0.1, 0.15) is 12.0 Å². The molecule has 0 unspecified atom stereocenters. The number of hydrogen-bond acceptors (Lipinski definition) is 3. The van der Waals surface area contributed by atoms with Crippen LogP contribution in [0.2, 0.25) is 0 Å². The van der Waals surface area contributed by atoms with E-state index in [1.54, 1.807) is 7.11 Å². The van der Waals surface area contributed by atoms with E-state index in [2.05, 4.69) is 31.9 Å². The number of halogens is 2. The maximum absolute atomic E-state index is 5.65. The molecule has 0 aliphatic carbocycles. The van der Waals surface area contributed by atoms with Crippen molar-refractivity contribution >= 4 is 31.9 Å². The van der Waals surface area contributed by atoms with Gasteiger partial charge in [0.25, 0.3) is 0 Å². The van der Waals surface area contributed by atoms with Crippen molar-refractivity contribution in [1.82, 2.24) is 0 Å². The fourth-order valence-corrected chi connectivity index (χ4v) is 2.76. The molecule has 0 fully saturated rings. The summed E-state index contributed by atoms with van der Waals surface area (Å²) in [4.78, 5) is 0. The number of ether oxygens (including phenoxy) is 2. The van der Waals surface area contributed by atoms with Crippen molar-refractivity contribution in [2.75, 3.05) is 20.3 Å². The first-order valence-electron chi connectivity index (χ1n) is 4.98. The lowest BCUT2D eigenvalue weighted by Crippen LogP contribution is -2.03. The topological polar surface area (TPSA) is 44.5 Å². The van der Waals surface area contributed by atoms with Gasteiger partial charge < -0.3 is 15.2 Å². The lowest BCUT2D eigenvalue weighted by molar-refractivity contribution is 0.171. The lowest BCUT2D eigenvalue weighted by Gasteiger charge is -2.11. The van der Waals surface area contributed by atoms with E-state index in [0.717, 1.165) is 26.7 Å². The maximum Gasteiger partial charge on any atom is 0.147 e. The predicted octanol–water partition coefficient (Wildman–Crippen LogP) is 3.09. The average Bonchev–Trinajstić information content (AvgIpc) is 2.26. The van der Waals surface area contributed by atoms with Crippen LogP contribution in [0.15, 0.2) is 21.1 Å². The summed E-state index contributed by atoms with van der Waals surface area (Å²) in [5.74, 6) is 0.813. The van der Waals surface area contributed by atoms with Gasteiger partial charge in [0.05, 0.1) is 15.6 Å². The predicted molar refractivity (Wildman–Crippen MR) is 71.7 cm³/mol. The number of rotatable bonds is 6. The van der Waals surface area contributed by atoms with Crippen LogP contribution in [0.4, 0.5) is 0 Å². The third-order valence-corrected chi connectivity index (χ3v) is 3.21. The average molecular weight is 353 g/mol. The summed E-state index contributed by atoms with van der Waals surface area (Å²) in [6.07, 6.45) is 0.869. The van der Waals surface area contributed by atoms with Crippen molar-refractivity contribution in [3.8, 4) is 5.75 Å². The van der Waals surface area contributed by atoms with Crippen LogP contribution in [0.3, 0.4) is 0 Å². The van der Waals surface area contributed by atoms with E-state index in [9.17, 15) is 0 Å². The van der Waals surface area contributed by atoms with Crippen LogP contribution in [0, 0.1) is 0 Å². The molecule has 0 amide bonds. The third-order valence-electron chi connectivity index (χ3n) is 2.03. The molecule has 0 saturated carbocycles. The largest absolute Gasteiger partial charge is 0.491 e. The van der Waals surface area contributed by atoms with Crippen LogP contribution < -0.4 is 10.5 Å². The van der Waals surface area contributed by atoms with E-state index < -0.39 is 0 Å². The molecule has 3 nitrogen and oxygen atoms in total. The van der Waals surface area contributed by atoms with Crippen molar-refractivity contribution in [1.29, 1.82) is 0 Å². The van der Waals surface area contributed by atoms with Gasteiger partial charge in [-0.15, -0.1) is 0 Å². The molecule has 0 aromatic heterocycles. The van der Waals surface area contributed by atoms with Gasteiger partial charge >= 0.3 is 0 Å². The quantitative estimate of drug-likeness (QED) is 0.800. The molecule has 5 heteroatoms. The van der Waals surface area contributed by atoms with Crippen molar-refractivity contribution in [3.63, 3.8) is 0 Å². The Morgan fingerprint density at radius 1 is 1.19 bits per heavy atom. The first-order valence-corrected chi connectivity index (χ1v) is 6.57. The Hall–Kier alpha value is -0.100. The van der Waals surface area contributed by atoms with Gasteiger partial charge in [0.1, 0.15) is 5.75 Å². The van der Waals surface area contributed by atoms with Crippen molar-refractivity contribution in [3.05, 3.63) is 26.6 Å². The summed E-state index contributed by atoms with van der Waals surface area (Å²) in [5.41, 5.74) is 6.64. The summed E-state index contributed by atoms with van der Waals surface area (Å²) < 4.78 is 12.4. The minimum atomic E-state index is 0.515. The van der Waals surface area contributed by atoms with Crippen molar-refractivity contribution < 1.29 is 9.47 Å². The van der Waals surface area contributed by atoms with Crippen LogP contribution in [0.25, 0.3) is 0 Å². The molecule has 0 aliphatic heterocycles. The van der Waals surface area contributed by atoms with Gasteiger partial charge in [-0.05, 0) is 49.6 Å². The molecule has 0 bridgehead atoms. The van der Waals surface area contributed by atoms with Gasteiger partial charge in [0.2, 0.25) is 0 Å². The molecule has 1 aromatic carbocycles. The number of hydrogen-bond donors (Lipinski definition) is 1. The van der Waals surface area contributed by atoms with Gasteiger partial charge in [-0.1, -0.05) is 0 Å². The highest BCUT2D eigenvalue weighted by Crippen LogP contribution is 2.34. The van der Waals surface area contributed by atoms with E-state index in [1.807, 2.05) is 12.1 Å². The molecular weight excluding hydrogens is 338 g/mol. The number of methoxy groups -OCH3 is 1. The highest BCUT2D eigenvalue weighted by Gasteiger charge is 2.08. The van der Waals surface area contributed by atoms with E-state index in [1.165, 1.54) is 0 Å². The lowest BCUT2D eigenvalue weighted by atomic mass is 10.2. The molecule has 0 spiro atoms. The molecule has 0 saturated heterocycles. The fourth-order valence-electron chi connectivity index (χ4n) is 1.25. The minimum absolute atomic E-state index is 0.515. The van der Waals surface area contributed by atoms with Crippen LogP contribution >= 0.6 is 31.9 Å². The Morgan fingerprint density at radius 2 is 1.81 bits per heavy atom.